The number of hydrogen-bond donors (Lipinski definition) is 7. The lowest BCUT2D eigenvalue weighted by Crippen LogP contribution is -2.57. The van der Waals surface area contributed by atoms with E-state index in [2.05, 4.69) is 10.6 Å². The van der Waals surface area contributed by atoms with Gasteiger partial charge in [0.15, 0.2) is 11.4 Å². The number of allylic oxidation sites excluding steroid dienone is 2. The molecule has 4 rings (SSSR count). The van der Waals surface area contributed by atoms with Crippen molar-refractivity contribution in [3.8, 4) is 5.75 Å². The molecule has 0 saturated heterocycles. The first-order valence-corrected chi connectivity index (χ1v) is 12.1. The molecular weight excluding hydrogens is 501 g/mol. The second-order valence-corrected chi connectivity index (χ2v) is 11.0. The second-order valence-electron chi connectivity index (χ2n) is 11.0. The third-order valence-corrected chi connectivity index (χ3v) is 7.34. The summed E-state index contributed by atoms with van der Waals surface area (Å²) in [5.41, 5.74) is 0.258. The number of nitrogens with two attached hydrogens (primary N) is 1. The van der Waals surface area contributed by atoms with Gasteiger partial charge in [0.2, 0.25) is 11.7 Å². The number of hydrogen-bond acceptors (Lipinski definition) is 9. The summed E-state index contributed by atoms with van der Waals surface area (Å²) < 4.78 is 15.2. The molecule has 3 aliphatic rings. The van der Waals surface area contributed by atoms with Crippen molar-refractivity contribution in [3.63, 3.8) is 0 Å². The average Bonchev–Trinajstić information content (AvgIpc) is 2.80. The highest BCUT2D eigenvalue weighted by atomic mass is 19.1. The van der Waals surface area contributed by atoms with Crippen molar-refractivity contribution in [2.24, 2.45) is 17.6 Å². The first kappa shape index (κ1) is 27.3. The SMILES string of the molecule is CC(C)(C)NCC(=O)NCc1cc(F)c2c(c1O)C(=O)C1=C(O)[C@]3(O)C(=O)C(C(N)=O)=C(O)C[C@@H]3CC1C2. The van der Waals surface area contributed by atoms with Crippen molar-refractivity contribution >= 4 is 23.4 Å². The van der Waals surface area contributed by atoms with Gasteiger partial charge in [-0.2, -0.15) is 0 Å². The Morgan fingerprint density at radius 3 is 2.45 bits per heavy atom. The Labute approximate surface area is 217 Å². The summed E-state index contributed by atoms with van der Waals surface area (Å²) in [7, 11) is 0. The summed E-state index contributed by atoms with van der Waals surface area (Å²) in [6.45, 7) is 5.27. The van der Waals surface area contributed by atoms with Crippen LogP contribution in [-0.4, -0.2) is 61.5 Å². The van der Waals surface area contributed by atoms with Gasteiger partial charge in [0.05, 0.1) is 12.1 Å². The quantitative estimate of drug-likeness (QED) is 0.268. The van der Waals surface area contributed by atoms with E-state index in [1.165, 1.54) is 0 Å². The van der Waals surface area contributed by atoms with Gasteiger partial charge in [-0.25, -0.2) is 4.39 Å². The van der Waals surface area contributed by atoms with Crippen LogP contribution < -0.4 is 16.4 Å². The van der Waals surface area contributed by atoms with Gasteiger partial charge in [-0.1, -0.05) is 0 Å². The molecule has 0 spiro atoms. The molecule has 0 fully saturated rings. The average molecular weight is 532 g/mol. The van der Waals surface area contributed by atoms with Crippen LogP contribution in [0.2, 0.25) is 0 Å². The lowest BCUT2D eigenvalue weighted by molar-refractivity contribution is -0.144. The van der Waals surface area contributed by atoms with Gasteiger partial charge in [-0.05, 0) is 45.6 Å². The van der Waals surface area contributed by atoms with Gasteiger partial charge < -0.3 is 36.8 Å². The molecule has 12 heteroatoms. The summed E-state index contributed by atoms with van der Waals surface area (Å²) in [4.78, 5) is 50.4. The van der Waals surface area contributed by atoms with E-state index < -0.39 is 75.0 Å². The number of aliphatic hydroxyl groups excluding tert-OH is 2. The third-order valence-electron chi connectivity index (χ3n) is 7.34. The molecular formula is C26H30FN3O8. The zero-order valence-corrected chi connectivity index (χ0v) is 21.1. The maximum atomic E-state index is 15.2. The minimum absolute atomic E-state index is 0.0376. The van der Waals surface area contributed by atoms with Crippen LogP contribution in [0.5, 0.6) is 5.75 Å². The van der Waals surface area contributed by atoms with Gasteiger partial charge in [0.1, 0.15) is 28.7 Å². The summed E-state index contributed by atoms with van der Waals surface area (Å²) >= 11 is 0. The Balaban J connectivity index is 1.70. The Hall–Kier alpha value is -3.77. The fraction of sp³-hybridized carbons (Fsp3) is 0.462. The summed E-state index contributed by atoms with van der Waals surface area (Å²) in [6, 6.07) is 1.02. The molecule has 0 bridgehead atoms. The van der Waals surface area contributed by atoms with Crippen molar-refractivity contribution in [1.82, 2.24) is 10.6 Å². The van der Waals surface area contributed by atoms with Gasteiger partial charge in [0.25, 0.3) is 5.91 Å². The van der Waals surface area contributed by atoms with Gasteiger partial charge in [-0.3, -0.25) is 19.2 Å². The zero-order chi connectivity index (χ0) is 28.3. The lowest BCUT2D eigenvalue weighted by Gasteiger charge is -2.45. The van der Waals surface area contributed by atoms with Crippen LogP contribution in [0.15, 0.2) is 28.7 Å². The number of Topliss-reactive ketones (excluding diaryl/α,β-unsaturated/α-hetero) is 2. The molecule has 38 heavy (non-hydrogen) atoms. The first-order valence-electron chi connectivity index (χ1n) is 12.1. The summed E-state index contributed by atoms with van der Waals surface area (Å²) in [6.07, 6.45) is -0.608. The maximum absolute atomic E-state index is 15.2. The number of halogens is 1. The van der Waals surface area contributed by atoms with E-state index in [0.717, 1.165) is 6.07 Å². The summed E-state index contributed by atoms with van der Waals surface area (Å²) in [5.74, 6) is -9.06. The number of rotatable bonds is 5. The Morgan fingerprint density at radius 2 is 1.84 bits per heavy atom. The van der Waals surface area contributed by atoms with Crippen LogP contribution in [0.1, 0.15) is 55.1 Å². The molecule has 0 aliphatic heterocycles. The predicted octanol–water partition coefficient (Wildman–Crippen LogP) is 0.724. The molecule has 1 aromatic rings. The van der Waals surface area contributed by atoms with Crippen LogP contribution in [0, 0.1) is 17.7 Å². The van der Waals surface area contributed by atoms with Gasteiger partial charge in [-0.15, -0.1) is 0 Å². The standard InChI is InChI=1S/C26H30FN3O8/c1-25(2,3)30-9-16(32)29-8-11-6-14(27)13-5-10-4-12-7-15(31)19(24(28)37)23(36)26(12,38)22(35)17(10)21(34)18(13)20(11)33/h6,10,12,30-31,33,35,38H,4-5,7-9H2,1-3H3,(H2,28,37)(H,29,32)/t10?,12-,26-/m0/s1. The van der Waals surface area contributed by atoms with E-state index in [1.54, 1.807) is 0 Å². The number of aromatic hydroxyl groups is 1. The third kappa shape index (κ3) is 4.33. The Kier molecular flexibility index (Phi) is 6.61. The van der Waals surface area contributed by atoms with Crippen LogP contribution in [-0.2, 0) is 27.3 Å². The van der Waals surface area contributed by atoms with Gasteiger partial charge in [0, 0.05) is 41.1 Å². The minimum atomic E-state index is -2.70. The van der Waals surface area contributed by atoms with Crippen molar-refractivity contribution in [1.29, 1.82) is 0 Å². The Bertz CT molecular complexity index is 1340. The van der Waals surface area contributed by atoms with E-state index in [1.807, 2.05) is 20.8 Å². The number of primary amides is 1. The number of amides is 2. The largest absolute Gasteiger partial charge is 0.511 e. The van der Waals surface area contributed by atoms with E-state index in [4.69, 9.17) is 5.73 Å². The highest BCUT2D eigenvalue weighted by Gasteiger charge is 2.59. The number of phenols is 1. The highest BCUT2D eigenvalue weighted by molar-refractivity contribution is 6.24. The molecule has 0 radical (unpaired) electrons. The molecule has 204 valence electrons. The normalized spacial score (nSPS) is 25.1. The molecule has 1 unspecified atom stereocenters. The van der Waals surface area contributed by atoms with E-state index in [9.17, 15) is 39.6 Å². The topological polar surface area (TPSA) is 199 Å². The fourth-order valence-electron chi connectivity index (χ4n) is 5.43. The van der Waals surface area contributed by atoms with Crippen LogP contribution in [0.3, 0.4) is 0 Å². The number of fused-ring (bicyclic) bond motifs is 3. The summed E-state index contributed by atoms with van der Waals surface area (Å²) in [5, 5.41) is 48.9. The molecule has 0 saturated carbocycles. The first-order chi connectivity index (χ1) is 17.6. The monoisotopic (exact) mass is 531 g/mol. The number of aliphatic hydroxyl groups is 3. The van der Waals surface area contributed by atoms with Crippen molar-refractivity contribution in [2.75, 3.05) is 6.54 Å². The minimum Gasteiger partial charge on any atom is -0.511 e. The predicted molar refractivity (Wildman–Crippen MR) is 130 cm³/mol. The van der Waals surface area contributed by atoms with E-state index >= 15 is 4.39 Å². The molecule has 3 aliphatic carbocycles. The number of benzene rings is 1. The van der Waals surface area contributed by atoms with E-state index in [0.29, 0.717) is 0 Å². The molecule has 3 atom stereocenters. The van der Waals surface area contributed by atoms with Crippen LogP contribution >= 0.6 is 0 Å². The molecule has 1 aromatic carbocycles. The van der Waals surface area contributed by atoms with E-state index in [-0.39, 0.29) is 54.6 Å². The molecule has 2 amide bonds. The fourth-order valence-corrected chi connectivity index (χ4v) is 5.43. The number of phenolic OH excluding ortho intramolecular Hbond substituents is 1. The van der Waals surface area contributed by atoms with Crippen molar-refractivity contribution in [2.45, 2.75) is 57.7 Å². The number of carbonyl (C=O) groups excluding carboxylic acids is 4. The second kappa shape index (κ2) is 9.21. The van der Waals surface area contributed by atoms with Crippen molar-refractivity contribution < 1.29 is 44.0 Å². The highest BCUT2D eigenvalue weighted by Crippen LogP contribution is 2.51. The maximum Gasteiger partial charge on any atom is 0.255 e. The molecule has 11 nitrogen and oxygen atoms in total. The zero-order valence-electron chi connectivity index (χ0n) is 21.1. The Morgan fingerprint density at radius 1 is 1.18 bits per heavy atom. The number of nitrogens with one attached hydrogen (secondary N) is 2. The molecule has 0 heterocycles. The lowest BCUT2D eigenvalue weighted by atomic mass is 9.60. The number of ketones is 2. The van der Waals surface area contributed by atoms with Crippen molar-refractivity contribution in [3.05, 3.63) is 51.2 Å². The number of carbonyl (C=O) groups is 4. The molecule has 0 aromatic heterocycles. The van der Waals surface area contributed by atoms with Crippen LogP contribution in [0.4, 0.5) is 4.39 Å². The molecule has 8 N–H and O–H groups in total. The van der Waals surface area contributed by atoms with Gasteiger partial charge >= 0.3 is 0 Å². The van der Waals surface area contributed by atoms with Crippen LogP contribution in [0.25, 0.3) is 0 Å². The smallest absolute Gasteiger partial charge is 0.255 e.